The molecule has 2 aliphatic heterocycles. The van der Waals surface area contributed by atoms with Crippen LogP contribution in [-0.2, 0) is 11.2 Å². The monoisotopic (exact) mass is 233 g/mol. The second-order valence-corrected chi connectivity index (χ2v) is 5.06. The Balaban J connectivity index is 1.91. The molecule has 3 unspecified atom stereocenters. The Hall–Kier alpha value is -1.06. The van der Waals surface area contributed by atoms with E-state index in [1.165, 1.54) is 5.56 Å². The van der Waals surface area contributed by atoms with Gasteiger partial charge in [-0.2, -0.15) is 0 Å². The van der Waals surface area contributed by atoms with Crippen molar-refractivity contribution >= 4 is 0 Å². The van der Waals surface area contributed by atoms with Gasteiger partial charge in [-0.15, -0.1) is 0 Å². The molecule has 0 bridgehead atoms. The van der Waals surface area contributed by atoms with Gasteiger partial charge >= 0.3 is 0 Å². The number of hydrogen-bond donors (Lipinski definition) is 1. The van der Waals surface area contributed by atoms with Crippen molar-refractivity contribution in [3.63, 3.8) is 0 Å². The molecule has 3 nitrogen and oxygen atoms in total. The SMILES string of the molecule is CC1CCOC1C(N)c1cccc2c1OCC2. The molecule has 2 N–H and O–H groups in total. The Kier molecular flexibility index (Phi) is 2.81. The van der Waals surface area contributed by atoms with Crippen molar-refractivity contribution in [1.29, 1.82) is 0 Å². The van der Waals surface area contributed by atoms with Crippen LogP contribution in [0.1, 0.15) is 30.5 Å². The summed E-state index contributed by atoms with van der Waals surface area (Å²) in [7, 11) is 0. The Labute approximate surface area is 102 Å². The molecule has 0 spiro atoms. The molecule has 0 amide bonds. The van der Waals surface area contributed by atoms with E-state index in [1.807, 2.05) is 0 Å². The predicted molar refractivity (Wildman–Crippen MR) is 66.1 cm³/mol. The van der Waals surface area contributed by atoms with Gasteiger partial charge in [0.2, 0.25) is 0 Å². The first kappa shape index (κ1) is 11.1. The highest BCUT2D eigenvalue weighted by molar-refractivity contribution is 5.46. The lowest BCUT2D eigenvalue weighted by Crippen LogP contribution is -2.30. The summed E-state index contributed by atoms with van der Waals surface area (Å²) in [5, 5.41) is 0. The topological polar surface area (TPSA) is 44.5 Å². The Morgan fingerprint density at radius 1 is 1.35 bits per heavy atom. The molecule has 92 valence electrons. The third kappa shape index (κ3) is 1.83. The van der Waals surface area contributed by atoms with E-state index in [9.17, 15) is 0 Å². The Morgan fingerprint density at radius 2 is 2.24 bits per heavy atom. The first-order valence-electron chi connectivity index (χ1n) is 6.39. The van der Waals surface area contributed by atoms with Gasteiger partial charge in [0.05, 0.1) is 18.8 Å². The average Bonchev–Trinajstić information content (AvgIpc) is 2.95. The van der Waals surface area contributed by atoms with E-state index in [0.717, 1.165) is 37.4 Å². The van der Waals surface area contributed by atoms with Crippen molar-refractivity contribution in [1.82, 2.24) is 0 Å². The number of fused-ring (bicyclic) bond motifs is 1. The van der Waals surface area contributed by atoms with Crippen LogP contribution in [0.25, 0.3) is 0 Å². The summed E-state index contributed by atoms with van der Waals surface area (Å²) < 4.78 is 11.5. The molecule has 1 aromatic rings. The van der Waals surface area contributed by atoms with Crippen LogP contribution in [0.5, 0.6) is 5.75 Å². The highest BCUT2D eigenvalue weighted by atomic mass is 16.5. The highest BCUT2D eigenvalue weighted by Crippen LogP contribution is 2.37. The molecule has 1 aromatic carbocycles. The van der Waals surface area contributed by atoms with Crippen LogP contribution in [-0.4, -0.2) is 19.3 Å². The third-order valence-electron chi connectivity index (χ3n) is 3.90. The lowest BCUT2D eigenvalue weighted by Gasteiger charge is -2.24. The van der Waals surface area contributed by atoms with Gasteiger partial charge in [-0.25, -0.2) is 0 Å². The van der Waals surface area contributed by atoms with Crippen LogP contribution in [0.4, 0.5) is 0 Å². The maximum absolute atomic E-state index is 6.36. The van der Waals surface area contributed by atoms with E-state index in [2.05, 4.69) is 25.1 Å². The standard InChI is InChI=1S/C14H19NO2/c1-9-5-7-16-13(9)12(15)11-4-2-3-10-6-8-17-14(10)11/h2-4,9,12-13H,5-8,15H2,1H3. The van der Waals surface area contributed by atoms with Gasteiger partial charge in [0, 0.05) is 18.6 Å². The van der Waals surface area contributed by atoms with Crippen molar-refractivity contribution in [2.24, 2.45) is 11.7 Å². The fourth-order valence-electron chi connectivity index (χ4n) is 2.86. The number of nitrogens with two attached hydrogens (primary N) is 1. The molecule has 3 heteroatoms. The molecule has 17 heavy (non-hydrogen) atoms. The second kappa shape index (κ2) is 4.31. The number of ether oxygens (including phenoxy) is 2. The summed E-state index contributed by atoms with van der Waals surface area (Å²) in [6.45, 7) is 3.82. The quantitative estimate of drug-likeness (QED) is 0.850. The van der Waals surface area contributed by atoms with Crippen molar-refractivity contribution < 1.29 is 9.47 Å². The number of hydrogen-bond acceptors (Lipinski definition) is 3. The summed E-state index contributed by atoms with van der Waals surface area (Å²) >= 11 is 0. The lowest BCUT2D eigenvalue weighted by atomic mass is 9.91. The summed E-state index contributed by atoms with van der Waals surface area (Å²) in [5.41, 5.74) is 8.75. The van der Waals surface area contributed by atoms with Gasteiger partial charge in [-0.1, -0.05) is 25.1 Å². The van der Waals surface area contributed by atoms with Crippen LogP contribution < -0.4 is 10.5 Å². The fraction of sp³-hybridized carbons (Fsp3) is 0.571. The third-order valence-corrected chi connectivity index (χ3v) is 3.90. The Bertz CT molecular complexity index is 419. The largest absolute Gasteiger partial charge is 0.493 e. The molecular formula is C14H19NO2. The zero-order chi connectivity index (χ0) is 11.8. The number of benzene rings is 1. The summed E-state index contributed by atoms with van der Waals surface area (Å²) in [5.74, 6) is 1.53. The maximum Gasteiger partial charge on any atom is 0.127 e. The van der Waals surface area contributed by atoms with E-state index in [-0.39, 0.29) is 12.1 Å². The minimum absolute atomic E-state index is 0.0689. The zero-order valence-electron chi connectivity index (χ0n) is 10.2. The van der Waals surface area contributed by atoms with Crippen molar-refractivity contribution in [3.8, 4) is 5.75 Å². The first-order valence-corrected chi connectivity index (χ1v) is 6.39. The predicted octanol–water partition coefficient (Wildman–Crippen LogP) is 2.05. The minimum atomic E-state index is -0.0689. The molecule has 2 aliphatic rings. The zero-order valence-corrected chi connectivity index (χ0v) is 10.2. The second-order valence-electron chi connectivity index (χ2n) is 5.06. The van der Waals surface area contributed by atoms with Gasteiger partial charge in [0.25, 0.3) is 0 Å². The van der Waals surface area contributed by atoms with E-state index < -0.39 is 0 Å². The molecule has 2 heterocycles. The number of para-hydroxylation sites is 1. The van der Waals surface area contributed by atoms with Gasteiger partial charge in [-0.3, -0.25) is 0 Å². The van der Waals surface area contributed by atoms with Crippen LogP contribution in [0.15, 0.2) is 18.2 Å². The average molecular weight is 233 g/mol. The van der Waals surface area contributed by atoms with Crippen LogP contribution >= 0.6 is 0 Å². The van der Waals surface area contributed by atoms with Crippen molar-refractivity contribution in [2.75, 3.05) is 13.2 Å². The van der Waals surface area contributed by atoms with E-state index in [0.29, 0.717) is 5.92 Å². The van der Waals surface area contributed by atoms with Gasteiger partial charge in [-0.05, 0) is 17.9 Å². The van der Waals surface area contributed by atoms with E-state index >= 15 is 0 Å². The minimum Gasteiger partial charge on any atom is -0.493 e. The maximum atomic E-state index is 6.36. The van der Waals surface area contributed by atoms with Crippen LogP contribution in [0.3, 0.4) is 0 Å². The van der Waals surface area contributed by atoms with Crippen LogP contribution in [0.2, 0.25) is 0 Å². The van der Waals surface area contributed by atoms with Gasteiger partial charge in [0.1, 0.15) is 5.75 Å². The molecule has 0 aliphatic carbocycles. The van der Waals surface area contributed by atoms with E-state index in [4.69, 9.17) is 15.2 Å². The first-order chi connectivity index (χ1) is 8.27. The van der Waals surface area contributed by atoms with Crippen molar-refractivity contribution in [2.45, 2.75) is 31.9 Å². The normalized spacial score (nSPS) is 28.8. The Morgan fingerprint density at radius 3 is 3.00 bits per heavy atom. The molecule has 0 saturated carbocycles. The summed E-state index contributed by atoms with van der Waals surface area (Å²) in [6.07, 6.45) is 2.23. The molecule has 1 fully saturated rings. The van der Waals surface area contributed by atoms with Gasteiger partial charge in [0.15, 0.2) is 0 Å². The fourth-order valence-corrected chi connectivity index (χ4v) is 2.86. The molecule has 3 atom stereocenters. The van der Waals surface area contributed by atoms with Crippen LogP contribution in [0, 0.1) is 5.92 Å². The number of rotatable bonds is 2. The van der Waals surface area contributed by atoms with E-state index in [1.54, 1.807) is 0 Å². The van der Waals surface area contributed by atoms with Crippen molar-refractivity contribution in [3.05, 3.63) is 29.3 Å². The lowest BCUT2D eigenvalue weighted by molar-refractivity contribution is 0.0717. The molecule has 3 rings (SSSR count). The van der Waals surface area contributed by atoms with Gasteiger partial charge < -0.3 is 15.2 Å². The molecule has 0 radical (unpaired) electrons. The molecular weight excluding hydrogens is 214 g/mol. The summed E-state index contributed by atoms with van der Waals surface area (Å²) in [4.78, 5) is 0. The molecule has 0 aromatic heterocycles. The molecule has 1 saturated heterocycles. The highest BCUT2D eigenvalue weighted by Gasteiger charge is 2.33. The summed E-state index contributed by atoms with van der Waals surface area (Å²) in [6, 6.07) is 6.20. The smallest absolute Gasteiger partial charge is 0.127 e.